The molecule has 2 rings (SSSR count). The van der Waals surface area contributed by atoms with E-state index in [9.17, 15) is 14.4 Å². The molecule has 2 heterocycles. The van der Waals surface area contributed by atoms with Gasteiger partial charge in [0.05, 0.1) is 23.3 Å². The van der Waals surface area contributed by atoms with Crippen LogP contribution in [0.15, 0.2) is 23.3 Å². The Balaban J connectivity index is 2.24. The summed E-state index contributed by atoms with van der Waals surface area (Å²) in [6.07, 6.45) is 3.69. The molecule has 0 aliphatic rings. The van der Waals surface area contributed by atoms with Gasteiger partial charge in [0.25, 0.3) is 5.56 Å². The number of nitrogens with one attached hydrogen (secondary N) is 1. The van der Waals surface area contributed by atoms with Crippen LogP contribution in [-0.4, -0.2) is 40.4 Å². The monoisotopic (exact) mass is 389 g/mol. The molecule has 2 aromatic rings. The van der Waals surface area contributed by atoms with Crippen molar-refractivity contribution in [1.29, 1.82) is 0 Å². The van der Waals surface area contributed by atoms with Crippen LogP contribution >= 0.6 is 0 Å². The third-order valence-electron chi connectivity index (χ3n) is 3.95. The van der Waals surface area contributed by atoms with Crippen LogP contribution in [0.2, 0.25) is 0 Å². The highest BCUT2D eigenvalue weighted by Crippen LogP contribution is 2.19. The number of carbonyl (C=O) groups excluding carboxylic acids is 2. The molecule has 0 amide bonds. The molecule has 8 heteroatoms. The van der Waals surface area contributed by atoms with Gasteiger partial charge in [-0.3, -0.25) is 14.6 Å². The maximum atomic E-state index is 12.8. The Bertz CT molecular complexity index is 928. The fourth-order valence-electron chi connectivity index (χ4n) is 2.83. The lowest BCUT2D eigenvalue weighted by molar-refractivity contribution is -0.154. The van der Waals surface area contributed by atoms with Crippen LogP contribution in [0.4, 0.5) is 0 Å². The Morgan fingerprint density at radius 1 is 1.25 bits per heavy atom. The van der Waals surface area contributed by atoms with E-state index in [2.05, 4.69) is 10.4 Å². The molecule has 1 N–H and O–H groups in total. The topological polar surface area (TPSA) is 99.5 Å². The van der Waals surface area contributed by atoms with Crippen molar-refractivity contribution in [2.75, 3.05) is 18.6 Å². The number of hydrogen-bond acceptors (Lipinski definition) is 7. The summed E-state index contributed by atoms with van der Waals surface area (Å²) in [6.45, 7) is 9.41. The van der Waals surface area contributed by atoms with Gasteiger partial charge in [-0.05, 0) is 47.1 Å². The van der Waals surface area contributed by atoms with Gasteiger partial charge in [-0.1, -0.05) is 0 Å². The van der Waals surface area contributed by atoms with E-state index in [1.165, 1.54) is 17.1 Å². The third-order valence-corrected chi connectivity index (χ3v) is 3.95. The first-order valence-corrected chi connectivity index (χ1v) is 9.28. The van der Waals surface area contributed by atoms with E-state index in [-0.39, 0.29) is 24.6 Å². The average molecular weight is 389 g/mol. The Kier molecular flexibility index (Phi) is 6.77. The quantitative estimate of drug-likeness (QED) is 0.574. The van der Waals surface area contributed by atoms with Crippen LogP contribution in [0, 0.1) is 6.92 Å². The van der Waals surface area contributed by atoms with Crippen molar-refractivity contribution in [2.24, 2.45) is 0 Å². The lowest BCUT2D eigenvalue weighted by atomic mass is 10.1. The SMILES string of the molecule is CCOC(=O)c1c(C)n(NCCCC(=O)OC(C)(C)C)c(=O)c2ccncc12. The molecule has 0 spiro atoms. The molecule has 152 valence electrons. The number of ether oxygens (including phenoxy) is 2. The first-order chi connectivity index (χ1) is 13.2. The largest absolute Gasteiger partial charge is 0.462 e. The molecule has 0 aromatic carbocycles. The zero-order chi connectivity index (χ0) is 20.9. The number of fused-ring (bicyclic) bond motifs is 1. The lowest BCUT2D eigenvalue weighted by Crippen LogP contribution is -2.34. The van der Waals surface area contributed by atoms with Gasteiger partial charge in [-0.15, -0.1) is 0 Å². The minimum Gasteiger partial charge on any atom is -0.462 e. The molecule has 0 aliphatic heterocycles. The highest BCUT2D eigenvalue weighted by atomic mass is 16.6. The molecule has 0 unspecified atom stereocenters. The zero-order valence-electron chi connectivity index (χ0n) is 17.0. The van der Waals surface area contributed by atoms with Crippen molar-refractivity contribution >= 4 is 22.7 Å². The number of nitrogens with zero attached hydrogens (tertiary/aromatic N) is 2. The Morgan fingerprint density at radius 2 is 1.96 bits per heavy atom. The Labute approximate surface area is 163 Å². The van der Waals surface area contributed by atoms with Gasteiger partial charge in [0.15, 0.2) is 0 Å². The maximum Gasteiger partial charge on any atom is 0.340 e. The molecular formula is C20H27N3O5. The van der Waals surface area contributed by atoms with Crippen LogP contribution in [0.25, 0.3) is 10.8 Å². The minimum atomic E-state index is -0.529. The molecule has 0 bridgehead atoms. The van der Waals surface area contributed by atoms with Gasteiger partial charge in [0.1, 0.15) is 5.60 Å². The van der Waals surface area contributed by atoms with E-state index in [0.717, 1.165) is 0 Å². The van der Waals surface area contributed by atoms with E-state index in [1.807, 2.05) is 20.8 Å². The molecule has 0 saturated carbocycles. The molecule has 0 aliphatic carbocycles. The summed E-state index contributed by atoms with van der Waals surface area (Å²) in [6, 6.07) is 1.57. The third kappa shape index (κ3) is 5.09. The lowest BCUT2D eigenvalue weighted by Gasteiger charge is -2.20. The Hall–Kier alpha value is -2.90. The molecule has 8 nitrogen and oxygen atoms in total. The van der Waals surface area contributed by atoms with E-state index in [0.29, 0.717) is 35.0 Å². The first-order valence-electron chi connectivity index (χ1n) is 9.28. The van der Waals surface area contributed by atoms with Crippen molar-refractivity contribution in [1.82, 2.24) is 9.66 Å². The summed E-state index contributed by atoms with van der Waals surface area (Å²) in [7, 11) is 0. The average Bonchev–Trinajstić information content (AvgIpc) is 2.60. The molecule has 0 radical (unpaired) electrons. The van der Waals surface area contributed by atoms with Crippen LogP contribution in [-0.2, 0) is 14.3 Å². The second-order valence-corrected chi connectivity index (χ2v) is 7.34. The predicted octanol–water partition coefficient (Wildman–Crippen LogP) is 2.55. The number of carbonyl (C=O) groups is 2. The van der Waals surface area contributed by atoms with Gasteiger partial charge in [0.2, 0.25) is 0 Å². The molecule has 28 heavy (non-hydrogen) atoms. The van der Waals surface area contributed by atoms with Gasteiger partial charge < -0.3 is 14.9 Å². The van der Waals surface area contributed by atoms with Crippen molar-refractivity contribution in [3.63, 3.8) is 0 Å². The fraction of sp³-hybridized carbons (Fsp3) is 0.500. The van der Waals surface area contributed by atoms with Crippen LogP contribution in [0.5, 0.6) is 0 Å². The second-order valence-electron chi connectivity index (χ2n) is 7.34. The number of hydrogen-bond donors (Lipinski definition) is 1. The highest BCUT2D eigenvalue weighted by Gasteiger charge is 2.21. The molecule has 0 fully saturated rings. The molecule has 0 atom stereocenters. The minimum absolute atomic E-state index is 0.223. The first kappa shape index (κ1) is 21.4. The molecular weight excluding hydrogens is 362 g/mol. The fourth-order valence-corrected chi connectivity index (χ4v) is 2.83. The standard InChI is InChI=1S/C20H27N3O5/c1-6-27-19(26)17-13(2)23(18(25)14-9-11-21-12-15(14)17)22-10-7-8-16(24)28-20(3,4)5/h9,11-12,22H,6-8,10H2,1-5H3. The highest BCUT2D eigenvalue weighted by molar-refractivity contribution is 6.04. The normalized spacial score (nSPS) is 11.3. The van der Waals surface area contributed by atoms with E-state index in [4.69, 9.17) is 9.47 Å². The smallest absolute Gasteiger partial charge is 0.340 e. The molecule has 2 aromatic heterocycles. The van der Waals surface area contributed by atoms with Gasteiger partial charge in [0, 0.05) is 30.7 Å². The van der Waals surface area contributed by atoms with E-state index < -0.39 is 11.6 Å². The summed E-state index contributed by atoms with van der Waals surface area (Å²) < 4.78 is 11.7. The van der Waals surface area contributed by atoms with E-state index in [1.54, 1.807) is 19.9 Å². The Morgan fingerprint density at radius 3 is 2.61 bits per heavy atom. The number of aromatic nitrogens is 2. The van der Waals surface area contributed by atoms with Gasteiger partial charge in [-0.2, -0.15) is 0 Å². The van der Waals surface area contributed by atoms with Crippen molar-refractivity contribution < 1.29 is 19.1 Å². The second kappa shape index (κ2) is 8.86. The summed E-state index contributed by atoms with van der Waals surface area (Å²) in [5.41, 5.74) is 2.90. The van der Waals surface area contributed by atoms with Crippen LogP contribution < -0.4 is 11.0 Å². The molecule has 0 saturated heterocycles. The number of pyridine rings is 2. The van der Waals surface area contributed by atoms with Crippen molar-refractivity contribution in [3.8, 4) is 0 Å². The zero-order valence-corrected chi connectivity index (χ0v) is 17.0. The van der Waals surface area contributed by atoms with Crippen LogP contribution in [0.1, 0.15) is 56.6 Å². The predicted molar refractivity (Wildman–Crippen MR) is 106 cm³/mol. The number of esters is 2. The summed E-state index contributed by atoms with van der Waals surface area (Å²) >= 11 is 0. The van der Waals surface area contributed by atoms with Crippen molar-refractivity contribution in [2.45, 2.75) is 53.1 Å². The summed E-state index contributed by atoms with van der Waals surface area (Å²) in [5.74, 6) is -0.808. The number of rotatable bonds is 7. The van der Waals surface area contributed by atoms with Gasteiger partial charge >= 0.3 is 11.9 Å². The summed E-state index contributed by atoms with van der Waals surface area (Å²) in [4.78, 5) is 41.1. The van der Waals surface area contributed by atoms with Crippen molar-refractivity contribution in [3.05, 3.63) is 40.1 Å². The van der Waals surface area contributed by atoms with Crippen LogP contribution in [0.3, 0.4) is 0 Å². The maximum absolute atomic E-state index is 12.8. The van der Waals surface area contributed by atoms with E-state index >= 15 is 0 Å². The van der Waals surface area contributed by atoms with Gasteiger partial charge in [-0.25, -0.2) is 9.47 Å². The summed E-state index contributed by atoms with van der Waals surface area (Å²) in [5, 5.41) is 0.818.